The molecule has 1 aromatic rings. The van der Waals surface area contributed by atoms with E-state index in [1.54, 1.807) is 0 Å². The smallest absolute Gasteiger partial charge is 0.136 e. The van der Waals surface area contributed by atoms with Crippen molar-refractivity contribution in [3.8, 4) is 5.75 Å². The molecule has 0 heterocycles. The minimum absolute atomic E-state index is 0.177. The van der Waals surface area contributed by atoms with Crippen molar-refractivity contribution in [1.29, 1.82) is 0 Å². The molecule has 0 atom stereocenters. The van der Waals surface area contributed by atoms with E-state index in [0.717, 1.165) is 20.8 Å². The Kier molecular flexibility index (Phi) is 3.63. The number of ether oxygens (including phenoxy) is 1. The highest BCUT2D eigenvalue weighted by atomic mass is 79.9. The molecule has 0 unspecified atom stereocenters. The van der Waals surface area contributed by atoms with Crippen molar-refractivity contribution < 1.29 is 4.74 Å². The van der Waals surface area contributed by atoms with Crippen LogP contribution in [0.2, 0.25) is 5.02 Å². The topological polar surface area (TPSA) is 9.23 Å². The van der Waals surface area contributed by atoms with Crippen molar-refractivity contribution >= 4 is 27.5 Å². The maximum Gasteiger partial charge on any atom is 0.136 e. The van der Waals surface area contributed by atoms with E-state index < -0.39 is 0 Å². The lowest BCUT2D eigenvalue weighted by Gasteiger charge is -2.14. The van der Waals surface area contributed by atoms with Gasteiger partial charge in [-0.2, -0.15) is 0 Å². The molecule has 0 spiro atoms. The fraction of sp³-hybridized carbons (Fsp3) is 0.400. The van der Waals surface area contributed by atoms with Crippen molar-refractivity contribution in [1.82, 2.24) is 0 Å². The molecule has 0 aliphatic rings. The molecule has 0 amide bonds. The predicted octanol–water partition coefficient (Wildman–Crippen LogP) is 4.20. The average molecular weight is 264 g/mol. The van der Waals surface area contributed by atoms with Crippen LogP contribution < -0.4 is 4.74 Å². The molecule has 0 bridgehead atoms. The van der Waals surface area contributed by atoms with Gasteiger partial charge in [0.25, 0.3) is 0 Å². The van der Waals surface area contributed by atoms with Crippen molar-refractivity contribution in [2.24, 2.45) is 0 Å². The molecule has 0 aliphatic heterocycles. The molecule has 0 saturated heterocycles. The Bertz CT molecular complexity index is 287. The molecule has 1 nitrogen and oxygen atoms in total. The summed E-state index contributed by atoms with van der Waals surface area (Å²) < 4.78 is 6.53. The van der Waals surface area contributed by atoms with Crippen molar-refractivity contribution in [3.63, 3.8) is 0 Å². The molecular weight excluding hydrogens is 251 g/mol. The van der Waals surface area contributed by atoms with Gasteiger partial charge in [-0.25, -0.2) is 0 Å². The Balaban J connectivity index is 3.06. The number of hydrogen-bond donors (Lipinski definition) is 0. The van der Waals surface area contributed by atoms with Gasteiger partial charge < -0.3 is 4.74 Å². The quantitative estimate of drug-likeness (QED) is 0.777. The van der Waals surface area contributed by atoms with Gasteiger partial charge >= 0.3 is 0 Å². The van der Waals surface area contributed by atoms with E-state index in [9.17, 15) is 0 Å². The molecule has 1 aromatic carbocycles. The monoisotopic (exact) mass is 262 g/mol. The Morgan fingerprint density at radius 1 is 1.38 bits per heavy atom. The van der Waals surface area contributed by atoms with Crippen molar-refractivity contribution in [2.75, 3.05) is 0 Å². The van der Waals surface area contributed by atoms with Gasteiger partial charge in [-0.05, 0) is 54.4 Å². The van der Waals surface area contributed by atoms with E-state index in [4.69, 9.17) is 16.3 Å². The van der Waals surface area contributed by atoms with E-state index in [1.807, 2.05) is 32.9 Å². The van der Waals surface area contributed by atoms with Crippen LogP contribution >= 0.6 is 27.5 Å². The van der Waals surface area contributed by atoms with Gasteiger partial charge in [0.05, 0.1) is 10.6 Å². The van der Waals surface area contributed by atoms with Crippen LogP contribution in [-0.2, 0) is 0 Å². The minimum atomic E-state index is 0.177. The first-order valence-electron chi connectivity index (χ1n) is 4.13. The first kappa shape index (κ1) is 10.9. The molecule has 0 N–H and O–H groups in total. The van der Waals surface area contributed by atoms with Crippen LogP contribution in [0.3, 0.4) is 0 Å². The van der Waals surface area contributed by atoms with Crippen LogP contribution in [-0.4, -0.2) is 6.10 Å². The fourth-order valence-electron chi connectivity index (χ4n) is 1.07. The van der Waals surface area contributed by atoms with Gasteiger partial charge in [0, 0.05) is 5.02 Å². The number of rotatable bonds is 2. The molecule has 0 radical (unpaired) electrons. The van der Waals surface area contributed by atoms with Crippen LogP contribution in [0.1, 0.15) is 19.4 Å². The van der Waals surface area contributed by atoms with Gasteiger partial charge in [-0.15, -0.1) is 0 Å². The van der Waals surface area contributed by atoms with Gasteiger partial charge in [-0.3, -0.25) is 0 Å². The van der Waals surface area contributed by atoms with Crippen molar-refractivity contribution in [2.45, 2.75) is 26.9 Å². The Hall–Kier alpha value is -0.210. The third-order valence-corrected chi connectivity index (χ3v) is 2.35. The second-order valence-electron chi connectivity index (χ2n) is 3.20. The number of halogens is 2. The highest BCUT2D eigenvalue weighted by molar-refractivity contribution is 9.10. The molecule has 0 fully saturated rings. The van der Waals surface area contributed by atoms with E-state index in [1.165, 1.54) is 0 Å². The molecule has 13 heavy (non-hydrogen) atoms. The highest BCUT2D eigenvalue weighted by Gasteiger charge is 2.08. The fourth-order valence-corrected chi connectivity index (χ4v) is 2.13. The molecule has 0 saturated carbocycles. The first-order chi connectivity index (χ1) is 6.00. The van der Waals surface area contributed by atoms with Gasteiger partial charge in [0.2, 0.25) is 0 Å². The van der Waals surface area contributed by atoms with E-state index >= 15 is 0 Å². The summed E-state index contributed by atoms with van der Waals surface area (Å²) >= 11 is 9.29. The predicted molar refractivity (Wildman–Crippen MR) is 59.7 cm³/mol. The van der Waals surface area contributed by atoms with Crippen LogP contribution in [0, 0.1) is 6.92 Å². The maximum absolute atomic E-state index is 5.87. The van der Waals surface area contributed by atoms with Crippen LogP contribution in [0.5, 0.6) is 5.75 Å². The molecular formula is C10H12BrClO. The third-order valence-electron chi connectivity index (χ3n) is 1.55. The molecule has 0 aliphatic carbocycles. The lowest BCUT2D eigenvalue weighted by Crippen LogP contribution is -2.07. The summed E-state index contributed by atoms with van der Waals surface area (Å²) in [6.45, 7) is 5.98. The molecule has 1 rings (SSSR count). The standard InChI is InChI=1S/C10H12BrClO/c1-6(2)13-10-7(3)4-8(12)5-9(10)11/h4-6H,1-3H3. The summed E-state index contributed by atoms with van der Waals surface area (Å²) in [5, 5.41) is 0.723. The molecule has 0 aromatic heterocycles. The second-order valence-corrected chi connectivity index (χ2v) is 4.49. The summed E-state index contributed by atoms with van der Waals surface area (Å²) in [7, 11) is 0. The second kappa shape index (κ2) is 4.34. The minimum Gasteiger partial charge on any atom is -0.490 e. The van der Waals surface area contributed by atoms with Crippen LogP contribution in [0.25, 0.3) is 0 Å². The average Bonchev–Trinajstić information content (AvgIpc) is 1.96. The van der Waals surface area contributed by atoms with E-state index in [-0.39, 0.29) is 6.10 Å². The summed E-state index contributed by atoms with van der Waals surface area (Å²) in [5.74, 6) is 0.874. The number of aryl methyl sites for hydroxylation is 1. The summed E-state index contributed by atoms with van der Waals surface area (Å²) in [5.41, 5.74) is 1.05. The number of hydrogen-bond acceptors (Lipinski definition) is 1. The normalized spacial score (nSPS) is 10.6. The van der Waals surface area contributed by atoms with Crippen LogP contribution in [0.4, 0.5) is 0 Å². The summed E-state index contributed by atoms with van der Waals surface area (Å²) in [6.07, 6.45) is 0.177. The van der Waals surface area contributed by atoms with E-state index in [0.29, 0.717) is 0 Å². The summed E-state index contributed by atoms with van der Waals surface area (Å²) in [4.78, 5) is 0. The van der Waals surface area contributed by atoms with Gasteiger partial charge in [0.15, 0.2) is 0 Å². The molecule has 3 heteroatoms. The lowest BCUT2D eigenvalue weighted by atomic mass is 10.2. The zero-order valence-corrected chi connectivity index (χ0v) is 10.2. The Morgan fingerprint density at radius 3 is 2.46 bits per heavy atom. The maximum atomic E-state index is 5.87. The third kappa shape index (κ3) is 2.89. The number of benzene rings is 1. The zero-order chi connectivity index (χ0) is 10.0. The van der Waals surface area contributed by atoms with E-state index in [2.05, 4.69) is 15.9 Å². The molecule has 72 valence electrons. The van der Waals surface area contributed by atoms with Gasteiger partial charge in [-0.1, -0.05) is 11.6 Å². The zero-order valence-electron chi connectivity index (χ0n) is 7.90. The Morgan fingerprint density at radius 2 is 2.00 bits per heavy atom. The SMILES string of the molecule is Cc1cc(Cl)cc(Br)c1OC(C)C. The highest BCUT2D eigenvalue weighted by Crippen LogP contribution is 2.32. The lowest BCUT2D eigenvalue weighted by molar-refractivity contribution is 0.239. The van der Waals surface area contributed by atoms with Crippen molar-refractivity contribution in [3.05, 3.63) is 27.2 Å². The van der Waals surface area contributed by atoms with Crippen LogP contribution in [0.15, 0.2) is 16.6 Å². The summed E-state index contributed by atoms with van der Waals surface area (Å²) in [6, 6.07) is 3.73. The van der Waals surface area contributed by atoms with Gasteiger partial charge in [0.1, 0.15) is 5.75 Å². The Labute approximate surface area is 92.2 Å². The largest absolute Gasteiger partial charge is 0.490 e. The first-order valence-corrected chi connectivity index (χ1v) is 5.30.